The number of hydrogen-bond donors (Lipinski definition) is 0. The van der Waals surface area contributed by atoms with Crippen molar-refractivity contribution in [2.45, 2.75) is 19.3 Å². The summed E-state index contributed by atoms with van der Waals surface area (Å²) in [5.74, 6) is 0. The molecule has 0 amide bonds. The number of aromatic nitrogens is 1. The lowest BCUT2D eigenvalue weighted by Crippen LogP contribution is -2.26. The van der Waals surface area contributed by atoms with E-state index in [2.05, 4.69) is 277 Å². The van der Waals surface area contributed by atoms with Gasteiger partial charge in [0, 0.05) is 49.7 Å². The van der Waals surface area contributed by atoms with Crippen molar-refractivity contribution in [3.63, 3.8) is 0 Å². The van der Waals surface area contributed by atoms with Crippen molar-refractivity contribution >= 4 is 121 Å². The van der Waals surface area contributed by atoms with Gasteiger partial charge in [0.25, 0.3) is 0 Å². The summed E-state index contributed by atoms with van der Waals surface area (Å²) in [7, 11) is 0. The molecule has 1 aliphatic rings. The van der Waals surface area contributed by atoms with E-state index < -0.39 is 0 Å². The standard InChI is InChI=1S/C69H47N3/c1-69(2)62-29-15-16-30-65(62)72-64-36-35-52(70(50-33-31-44-17-3-5-19-46(44)37-50)66-39-48-21-7-9-23-54(48)56-25-11-13-27-58(56)66)41-60(64)61-42-53(43-63(69)68(61)72)71(51-34-32-45-18-4-6-20-47(45)38-51)67-40-49-22-8-10-24-55(49)57-26-12-14-28-59(57)67/h3-43H,1-2H3. The third-order valence-electron chi connectivity index (χ3n) is 15.8. The summed E-state index contributed by atoms with van der Waals surface area (Å²) in [5, 5.41) is 17.1. The Labute approximate surface area is 417 Å². The molecule has 0 unspecified atom stereocenters. The van der Waals surface area contributed by atoms with Gasteiger partial charge >= 0.3 is 0 Å². The first-order valence-electron chi connectivity index (χ1n) is 25.1. The number of nitrogens with zero attached hydrogens (tertiary/aromatic N) is 3. The second-order valence-electron chi connectivity index (χ2n) is 20.1. The third-order valence-corrected chi connectivity index (χ3v) is 15.8. The molecule has 72 heavy (non-hydrogen) atoms. The normalized spacial score (nSPS) is 13.0. The van der Waals surface area contributed by atoms with Crippen LogP contribution in [0.3, 0.4) is 0 Å². The fourth-order valence-corrected chi connectivity index (χ4v) is 12.4. The molecule has 1 aromatic heterocycles. The molecule has 3 heteroatoms. The second kappa shape index (κ2) is 15.4. The molecular formula is C69H47N3. The summed E-state index contributed by atoms with van der Waals surface area (Å²) in [6.07, 6.45) is 0. The summed E-state index contributed by atoms with van der Waals surface area (Å²) in [5.41, 5.74) is 12.7. The van der Waals surface area contributed by atoms with E-state index in [1.807, 2.05) is 0 Å². The first-order chi connectivity index (χ1) is 35.5. The maximum atomic E-state index is 2.55. The van der Waals surface area contributed by atoms with Crippen molar-refractivity contribution in [3.8, 4) is 5.69 Å². The lowest BCUT2D eigenvalue weighted by Gasteiger charge is -2.36. The van der Waals surface area contributed by atoms with Crippen LogP contribution in [-0.2, 0) is 5.41 Å². The Morgan fingerprint density at radius 2 is 0.722 bits per heavy atom. The van der Waals surface area contributed by atoms with Crippen molar-refractivity contribution in [1.29, 1.82) is 0 Å². The molecule has 0 saturated carbocycles. The molecule has 0 fully saturated rings. The van der Waals surface area contributed by atoms with Crippen LogP contribution in [-0.4, -0.2) is 4.57 Å². The van der Waals surface area contributed by atoms with Crippen LogP contribution in [0.4, 0.5) is 34.1 Å². The Morgan fingerprint density at radius 3 is 1.31 bits per heavy atom. The maximum Gasteiger partial charge on any atom is 0.0583 e. The van der Waals surface area contributed by atoms with Gasteiger partial charge < -0.3 is 14.4 Å². The first-order valence-corrected chi connectivity index (χ1v) is 25.1. The Balaban J connectivity index is 1.06. The average molecular weight is 918 g/mol. The SMILES string of the molecule is CC1(C)c2ccccc2-n2c3ccc(N(c4ccc5ccccc5c4)c4cc5ccccc5c5ccccc45)cc3c3cc(N(c4ccc5ccccc5c4)c4cc5ccccc5c5ccccc45)cc1c32. The van der Waals surface area contributed by atoms with E-state index in [1.54, 1.807) is 0 Å². The highest BCUT2D eigenvalue weighted by Crippen LogP contribution is 2.53. The highest BCUT2D eigenvalue weighted by molar-refractivity contribution is 6.19. The topological polar surface area (TPSA) is 11.4 Å². The Morgan fingerprint density at radius 1 is 0.292 bits per heavy atom. The molecule has 0 bridgehead atoms. The smallest absolute Gasteiger partial charge is 0.0583 e. The van der Waals surface area contributed by atoms with Crippen LogP contribution in [0.25, 0.3) is 92.1 Å². The van der Waals surface area contributed by atoms with Crippen molar-refractivity contribution in [2.24, 2.45) is 0 Å². The summed E-state index contributed by atoms with van der Waals surface area (Å²) < 4.78 is 2.55. The monoisotopic (exact) mass is 917 g/mol. The van der Waals surface area contributed by atoms with Crippen LogP contribution in [0.15, 0.2) is 249 Å². The van der Waals surface area contributed by atoms with Crippen LogP contribution in [0.5, 0.6) is 0 Å². The summed E-state index contributed by atoms with van der Waals surface area (Å²) in [6.45, 7) is 4.82. The molecule has 14 aromatic rings. The van der Waals surface area contributed by atoms with Gasteiger partial charge in [-0.3, -0.25) is 0 Å². The molecule has 0 atom stereocenters. The molecule has 15 rings (SSSR count). The van der Waals surface area contributed by atoms with Gasteiger partial charge in [-0.15, -0.1) is 0 Å². The fraction of sp³-hybridized carbons (Fsp3) is 0.0435. The minimum Gasteiger partial charge on any atom is -0.310 e. The van der Waals surface area contributed by atoms with E-state index in [0.29, 0.717) is 0 Å². The van der Waals surface area contributed by atoms with Crippen LogP contribution in [0.2, 0.25) is 0 Å². The number of anilines is 6. The Kier molecular flexibility index (Phi) is 8.71. The zero-order valence-electron chi connectivity index (χ0n) is 40.0. The quantitative estimate of drug-likeness (QED) is 0.154. The van der Waals surface area contributed by atoms with E-state index in [4.69, 9.17) is 0 Å². The predicted octanol–water partition coefficient (Wildman–Crippen LogP) is 19.3. The lowest BCUT2D eigenvalue weighted by atomic mass is 9.74. The molecule has 1 aliphatic heterocycles. The van der Waals surface area contributed by atoms with Crippen molar-refractivity contribution < 1.29 is 0 Å². The molecular weight excluding hydrogens is 871 g/mol. The molecule has 3 nitrogen and oxygen atoms in total. The van der Waals surface area contributed by atoms with Crippen LogP contribution in [0, 0.1) is 0 Å². The molecule has 0 aliphatic carbocycles. The van der Waals surface area contributed by atoms with Gasteiger partial charge in [0.1, 0.15) is 0 Å². The van der Waals surface area contributed by atoms with E-state index in [1.165, 1.54) is 103 Å². The molecule has 13 aromatic carbocycles. The number of hydrogen-bond acceptors (Lipinski definition) is 2. The van der Waals surface area contributed by atoms with E-state index in [0.717, 1.165) is 34.1 Å². The van der Waals surface area contributed by atoms with Crippen LogP contribution >= 0.6 is 0 Å². The molecule has 0 saturated heterocycles. The van der Waals surface area contributed by atoms with Gasteiger partial charge in [0.2, 0.25) is 0 Å². The summed E-state index contributed by atoms with van der Waals surface area (Å²) in [6, 6.07) is 92.7. The molecule has 0 N–H and O–H groups in total. The van der Waals surface area contributed by atoms with Gasteiger partial charge in [-0.05, 0) is 138 Å². The molecule has 0 spiro atoms. The highest BCUT2D eigenvalue weighted by Gasteiger charge is 2.37. The van der Waals surface area contributed by atoms with Crippen molar-refractivity contribution in [2.75, 3.05) is 9.80 Å². The third kappa shape index (κ3) is 5.98. The van der Waals surface area contributed by atoms with E-state index in [9.17, 15) is 0 Å². The molecule has 0 radical (unpaired) electrons. The van der Waals surface area contributed by atoms with Gasteiger partial charge in [-0.2, -0.15) is 0 Å². The fourth-order valence-electron chi connectivity index (χ4n) is 12.4. The Bertz CT molecular complexity index is 4580. The van der Waals surface area contributed by atoms with Gasteiger partial charge in [0.05, 0.1) is 28.1 Å². The lowest BCUT2D eigenvalue weighted by molar-refractivity contribution is 0.630. The second-order valence-corrected chi connectivity index (χ2v) is 20.1. The van der Waals surface area contributed by atoms with Crippen molar-refractivity contribution in [3.05, 3.63) is 260 Å². The van der Waals surface area contributed by atoms with E-state index in [-0.39, 0.29) is 5.41 Å². The largest absolute Gasteiger partial charge is 0.310 e. The minimum atomic E-state index is -0.320. The highest BCUT2D eigenvalue weighted by atomic mass is 15.2. The summed E-state index contributed by atoms with van der Waals surface area (Å²) >= 11 is 0. The van der Waals surface area contributed by atoms with Gasteiger partial charge in [0.15, 0.2) is 0 Å². The van der Waals surface area contributed by atoms with Crippen molar-refractivity contribution in [1.82, 2.24) is 4.57 Å². The predicted molar refractivity (Wildman–Crippen MR) is 307 cm³/mol. The first kappa shape index (κ1) is 40.7. The van der Waals surface area contributed by atoms with Gasteiger partial charge in [-0.25, -0.2) is 0 Å². The molecule has 2 heterocycles. The van der Waals surface area contributed by atoms with Gasteiger partial charge in [-0.1, -0.05) is 190 Å². The zero-order chi connectivity index (χ0) is 47.7. The van der Waals surface area contributed by atoms with Crippen LogP contribution in [0.1, 0.15) is 25.0 Å². The van der Waals surface area contributed by atoms with Crippen LogP contribution < -0.4 is 9.80 Å². The summed E-state index contributed by atoms with van der Waals surface area (Å²) in [4.78, 5) is 5.03. The number of fused-ring (bicyclic) bond motifs is 13. The van der Waals surface area contributed by atoms with E-state index >= 15 is 0 Å². The number of para-hydroxylation sites is 1. The zero-order valence-corrected chi connectivity index (χ0v) is 40.0. The average Bonchev–Trinajstić information content (AvgIpc) is 3.76. The minimum absolute atomic E-state index is 0.320. The number of benzene rings is 13. The number of rotatable bonds is 6. The molecule has 338 valence electrons. The Hall–Kier alpha value is -9.18. The maximum absolute atomic E-state index is 2.55.